The summed E-state index contributed by atoms with van der Waals surface area (Å²) < 4.78 is 5.85. The fraction of sp³-hybridized carbons (Fsp3) is 0.600. The molecule has 0 N–H and O–H groups in total. The molecule has 1 aromatic carbocycles. The Morgan fingerprint density at radius 2 is 2.12 bits per heavy atom. The van der Waals surface area contributed by atoms with Gasteiger partial charge < -0.3 is 4.74 Å². The third-order valence-electron chi connectivity index (χ3n) is 4.34. The van der Waals surface area contributed by atoms with Crippen LogP contribution in [-0.2, 0) is 10.2 Å². The number of hydrogen-bond acceptors (Lipinski definition) is 1. The zero-order valence-corrected chi connectivity index (χ0v) is 10.0. The van der Waals surface area contributed by atoms with Crippen molar-refractivity contribution in [2.24, 2.45) is 0 Å². The summed E-state index contributed by atoms with van der Waals surface area (Å²) in [5.74, 6) is 0. The molecule has 0 spiro atoms. The van der Waals surface area contributed by atoms with Gasteiger partial charge in [-0.05, 0) is 48.6 Å². The van der Waals surface area contributed by atoms with Crippen LogP contribution in [0.3, 0.4) is 0 Å². The fourth-order valence-electron chi connectivity index (χ4n) is 3.05. The molecule has 1 nitrogen and oxygen atoms in total. The van der Waals surface area contributed by atoms with Gasteiger partial charge in [-0.2, -0.15) is 0 Å². The maximum absolute atomic E-state index is 5.85. The van der Waals surface area contributed by atoms with Crippen molar-refractivity contribution in [1.29, 1.82) is 0 Å². The average molecular weight is 216 g/mol. The van der Waals surface area contributed by atoms with Crippen LogP contribution < -0.4 is 0 Å². The van der Waals surface area contributed by atoms with E-state index in [0.717, 1.165) is 6.61 Å². The summed E-state index contributed by atoms with van der Waals surface area (Å²) in [5.41, 5.74) is 3.55. The fourth-order valence-corrected chi connectivity index (χ4v) is 3.05. The smallest absolute Gasteiger partial charge is 0.0828 e. The second kappa shape index (κ2) is 3.89. The molecule has 1 aliphatic carbocycles. The van der Waals surface area contributed by atoms with Crippen LogP contribution in [0.2, 0.25) is 0 Å². The molecular weight excluding hydrogens is 196 g/mol. The lowest BCUT2D eigenvalue weighted by atomic mass is 9.86. The lowest BCUT2D eigenvalue weighted by molar-refractivity contribution is 0.111. The van der Waals surface area contributed by atoms with Crippen LogP contribution in [-0.4, -0.2) is 6.61 Å². The Hall–Kier alpha value is -0.820. The second-order valence-corrected chi connectivity index (χ2v) is 5.22. The maximum atomic E-state index is 5.85. The van der Waals surface area contributed by atoms with Gasteiger partial charge in [0.05, 0.1) is 6.10 Å². The van der Waals surface area contributed by atoms with Gasteiger partial charge >= 0.3 is 0 Å². The Bertz CT molecular complexity index is 373. The van der Waals surface area contributed by atoms with Crippen molar-refractivity contribution in [3.63, 3.8) is 0 Å². The van der Waals surface area contributed by atoms with Gasteiger partial charge in [-0.3, -0.25) is 0 Å². The molecule has 86 valence electrons. The minimum absolute atomic E-state index is 0.375. The van der Waals surface area contributed by atoms with Crippen molar-refractivity contribution in [1.82, 2.24) is 0 Å². The van der Waals surface area contributed by atoms with Gasteiger partial charge in [-0.25, -0.2) is 0 Å². The summed E-state index contributed by atoms with van der Waals surface area (Å²) in [6.07, 6.45) is 6.81. The molecule has 2 fully saturated rings. The highest BCUT2D eigenvalue weighted by atomic mass is 16.5. The maximum Gasteiger partial charge on any atom is 0.0828 e. The van der Waals surface area contributed by atoms with Gasteiger partial charge in [0.25, 0.3) is 0 Å². The minimum Gasteiger partial charge on any atom is -0.374 e. The number of benzene rings is 1. The lowest BCUT2D eigenvalue weighted by Gasteiger charge is -2.21. The van der Waals surface area contributed by atoms with Crippen LogP contribution in [0.25, 0.3) is 0 Å². The lowest BCUT2D eigenvalue weighted by Crippen LogP contribution is -2.11. The first-order valence-corrected chi connectivity index (χ1v) is 6.57. The molecule has 1 saturated heterocycles. The molecule has 2 aliphatic rings. The third-order valence-corrected chi connectivity index (χ3v) is 4.34. The highest BCUT2D eigenvalue weighted by Crippen LogP contribution is 2.53. The van der Waals surface area contributed by atoms with E-state index in [2.05, 4.69) is 31.2 Å². The molecule has 0 amide bonds. The van der Waals surface area contributed by atoms with Crippen LogP contribution in [0.4, 0.5) is 0 Å². The molecule has 1 heteroatoms. The first kappa shape index (κ1) is 10.3. The van der Waals surface area contributed by atoms with E-state index in [1.165, 1.54) is 37.7 Å². The molecule has 0 bridgehead atoms. The highest BCUT2D eigenvalue weighted by molar-refractivity contribution is 5.40. The number of hydrogen-bond donors (Lipinski definition) is 0. The SMILES string of the molecule is CCC1(c2ccccc2C2CCCO2)CC1. The molecule has 1 atom stereocenters. The topological polar surface area (TPSA) is 9.23 Å². The van der Waals surface area contributed by atoms with Crippen LogP contribution in [0, 0.1) is 0 Å². The number of ether oxygens (including phenoxy) is 1. The van der Waals surface area contributed by atoms with Crippen molar-refractivity contribution in [2.45, 2.75) is 50.5 Å². The van der Waals surface area contributed by atoms with E-state index in [0.29, 0.717) is 11.5 Å². The van der Waals surface area contributed by atoms with Crippen molar-refractivity contribution in [3.05, 3.63) is 35.4 Å². The molecule has 0 radical (unpaired) electrons. The molecule has 1 saturated carbocycles. The first-order chi connectivity index (χ1) is 7.86. The Morgan fingerprint density at radius 3 is 2.75 bits per heavy atom. The largest absolute Gasteiger partial charge is 0.374 e. The summed E-state index contributed by atoms with van der Waals surface area (Å²) >= 11 is 0. The highest BCUT2D eigenvalue weighted by Gasteiger charge is 2.44. The van der Waals surface area contributed by atoms with Gasteiger partial charge in [-0.1, -0.05) is 31.2 Å². The minimum atomic E-state index is 0.375. The van der Waals surface area contributed by atoms with Gasteiger partial charge in [0, 0.05) is 6.61 Å². The predicted octanol–water partition coefficient (Wildman–Crippen LogP) is 3.98. The molecule has 0 aromatic heterocycles. The summed E-state index contributed by atoms with van der Waals surface area (Å²) in [6.45, 7) is 3.26. The van der Waals surface area contributed by atoms with Crippen molar-refractivity contribution < 1.29 is 4.74 Å². The summed E-state index contributed by atoms with van der Waals surface area (Å²) in [6, 6.07) is 8.95. The van der Waals surface area contributed by atoms with Crippen molar-refractivity contribution in [3.8, 4) is 0 Å². The molecule has 1 unspecified atom stereocenters. The van der Waals surface area contributed by atoms with E-state index in [1.807, 2.05) is 0 Å². The van der Waals surface area contributed by atoms with E-state index in [1.54, 1.807) is 5.56 Å². The van der Waals surface area contributed by atoms with Crippen LogP contribution in [0.1, 0.15) is 56.3 Å². The van der Waals surface area contributed by atoms with E-state index in [4.69, 9.17) is 4.74 Å². The van der Waals surface area contributed by atoms with E-state index in [-0.39, 0.29) is 0 Å². The van der Waals surface area contributed by atoms with E-state index in [9.17, 15) is 0 Å². The predicted molar refractivity (Wildman–Crippen MR) is 65.6 cm³/mol. The van der Waals surface area contributed by atoms with E-state index >= 15 is 0 Å². The molecule has 1 aromatic rings. The van der Waals surface area contributed by atoms with Gasteiger partial charge in [-0.15, -0.1) is 0 Å². The van der Waals surface area contributed by atoms with Crippen LogP contribution in [0.5, 0.6) is 0 Å². The van der Waals surface area contributed by atoms with Gasteiger partial charge in [0.2, 0.25) is 0 Å². The van der Waals surface area contributed by atoms with Crippen LogP contribution >= 0.6 is 0 Å². The van der Waals surface area contributed by atoms with Crippen LogP contribution in [0.15, 0.2) is 24.3 Å². The van der Waals surface area contributed by atoms with Gasteiger partial charge in [0.1, 0.15) is 0 Å². The van der Waals surface area contributed by atoms with E-state index < -0.39 is 0 Å². The summed E-state index contributed by atoms with van der Waals surface area (Å²) in [7, 11) is 0. The quantitative estimate of drug-likeness (QED) is 0.742. The summed E-state index contributed by atoms with van der Waals surface area (Å²) in [4.78, 5) is 0. The molecular formula is C15H20O. The van der Waals surface area contributed by atoms with Crippen molar-refractivity contribution >= 4 is 0 Å². The standard InChI is InChI=1S/C15H20O/c1-2-15(9-10-15)13-7-4-3-6-12(13)14-8-5-11-16-14/h3-4,6-7,14H,2,5,8-11H2,1H3. The second-order valence-electron chi connectivity index (χ2n) is 5.22. The Kier molecular flexibility index (Phi) is 2.51. The summed E-state index contributed by atoms with van der Waals surface area (Å²) in [5, 5.41) is 0. The zero-order chi connectivity index (χ0) is 11.0. The first-order valence-electron chi connectivity index (χ1n) is 6.57. The molecule has 1 aliphatic heterocycles. The third kappa shape index (κ3) is 1.58. The zero-order valence-electron chi connectivity index (χ0n) is 10.0. The molecule has 3 rings (SSSR count). The number of rotatable bonds is 3. The Morgan fingerprint density at radius 1 is 1.31 bits per heavy atom. The Labute approximate surface area is 97.8 Å². The molecule has 1 heterocycles. The van der Waals surface area contributed by atoms with Gasteiger partial charge in [0.15, 0.2) is 0 Å². The Balaban J connectivity index is 1.97. The average Bonchev–Trinajstić information content (AvgIpc) is 2.95. The molecule has 16 heavy (non-hydrogen) atoms. The monoisotopic (exact) mass is 216 g/mol. The van der Waals surface area contributed by atoms with Crippen molar-refractivity contribution in [2.75, 3.05) is 6.61 Å². The normalized spacial score (nSPS) is 26.9.